The number of amides is 2. The van der Waals surface area contributed by atoms with Crippen LogP contribution in [0.1, 0.15) is 49.3 Å². The van der Waals surface area contributed by atoms with Gasteiger partial charge in [-0.15, -0.1) is 0 Å². The molecule has 42 heavy (non-hydrogen) atoms. The number of nitrogens with one attached hydrogen (secondary N) is 1. The summed E-state index contributed by atoms with van der Waals surface area (Å²) < 4.78 is 29.2. The van der Waals surface area contributed by atoms with Crippen molar-refractivity contribution in [2.75, 3.05) is 10.8 Å². The molecule has 3 aromatic rings. The predicted molar refractivity (Wildman–Crippen MR) is 169 cm³/mol. The Morgan fingerprint density at radius 2 is 1.48 bits per heavy atom. The molecule has 0 aromatic heterocycles. The highest BCUT2D eigenvalue weighted by Gasteiger charge is 2.34. The van der Waals surface area contributed by atoms with Gasteiger partial charge in [-0.3, -0.25) is 13.9 Å². The fourth-order valence-electron chi connectivity index (χ4n) is 5.05. The first-order chi connectivity index (χ1) is 19.9. The lowest BCUT2D eigenvalue weighted by molar-refractivity contribution is -0.139. The third-order valence-electron chi connectivity index (χ3n) is 7.65. The van der Waals surface area contributed by atoms with Gasteiger partial charge in [0.1, 0.15) is 12.6 Å². The SMILES string of the molecule is Cc1ccc(S(=O)(=O)N(CC(=O)N(Cc2c(Cl)cccc2Cl)C(C)C(=O)NC2CCCC2)c2cccc(Cl)c2C)cc1. The largest absolute Gasteiger partial charge is 0.352 e. The van der Waals surface area contributed by atoms with Crippen molar-refractivity contribution in [1.29, 1.82) is 0 Å². The van der Waals surface area contributed by atoms with Crippen LogP contribution in [0.5, 0.6) is 0 Å². The first-order valence-corrected chi connectivity index (χ1v) is 16.3. The van der Waals surface area contributed by atoms with Gasteiger partial charge >= 0.3 is 0 Å². The summed E-state index contributed by atoms with van der Waals surface area (Å²) in [5.74, 6) is -0.930. The molecule has 11 heteroatoms. The van der Waals surface area contributed by atoms with Gasteiger partial charge < -0.3 is 10.2 Å². The van der Waals surface area contributed by atoms with Crippen LogP contribution in [0.3, 0.4) is 0 Å². The van der Waals surface area contributed by atoms with E-state index < -0.39 is 28.5 Å². The maximum atomic E-state index is 14.2. The molecule has 1 fully saturated rings. The van der Waals surface area contributed by atoms with Crippen molar-refractivity contribution in [1.82, 2.24) is 10.2 Å². The van der Waals surface area contributed by atoms with Crippen LogP contribution in [0.25, 0.3) is 0 Å². The van der Waals surface area contributed by atoms with Crippen molar-refractivity contribution in [2.24, 2.45) is 0 Å². The molecule has 7 nitrogen and oxygen atoms in total. The zero-order chi connectivity index (χ0) is 30.6. The Morgan fingerprint density at radius 1 is 0.905 bits per heavy atom. The molecule has 0 saturated heterocycles. The average Bonchev–Trinajstić information content (AvgIpc) is 3.46. The second kappa shape index (κ2) is 13.7. The summed E-state index contributed by atoms with van der Waals surface area (Å²) in [6.07, 6.45) is 3.81. The highest BCUT2D eigenvalue weighted by molar-refractivity contribution is 7.92. The van der Waals surface area contributed by atoms with E-state index in [4.69, 9.17) is 34.8 Å². The van der Waals surface area contributed by atoms with Crippen LogP contribution < -0.4 is 9.62 Å². The number of benzene rings is 3. The van der Waals surface area contributed by atoms with E-state index in [2.05, 4.69) is 5.32 Å². The van der Waals surface area contributed by atoms with E-state index in [1.54, 1.807) is 62.4 Å². The summed E-state index contributed by atoms with van der Waals surface area (Å²) in [5, 5.41) is 4.06. The molecule has 1 atom stereocenters. The Kier molecular flexibility index (Phi) is 10.5. The number of hydrogen-bond acceptors (Lipinski definition) is 4. The minimum absolute atomic E-state index is 0.0213. The summed E-state index contributed by atoms with van der Waals surface area (Å²) in [7, 11) is -4.22. The molecule has 0 radical (unpaired) electrons. The Morgan fingerprint density at radius 3 is 2.10 bits per heavy atom. The third-order valence-corrected chi connectivity index (χ3v) is 10.5. The number of anilines is 1. The highest BCUT2D eigenvalue weighted by atomic mass is 35.5. The van der Waals surface area contributed by atoms with E-state index in [0.29, 0.717) is 26.2 Å². The van der Waals surface area contributed by atoms with Crippen LogP contribution in [0.15, 0.2) is 65.6 Å². The molecule has 0 heterocycles. The predicted octanol–water partition coefficient (Wildman–Crippen LogP) is 6.94. The smallest absolute Gasteiger partial charge is 0.264 e. The fraction of sp³-hybridized carbons (Fsp3) is 0.355. The monoisotopic (exact) mass is 649 g/mol. The molecule has 4 rings (SSSR count). The third kappa shape index (κ3) is 7.22. The molecular weight excluding hydrogens is 617 g/mol. The topological polar surface area (TPSA) is 86.8 Å². The van der Waals surface area contributed by atoms with Crippen LogP contribution in [-0.2, 0) is 26.2 Å². The lowest BCUT2D eigenvalue weighted by atomic mass is 10.1. The molecule has 1 aliphatic rings. The molecule has 3 aromatic carbocycles. The molecular formula is C31H34Cl3N3O4S. The summed E-state index contributed by atoms with van der Waals surface area (Å²) >= 11 is 19.3. The van der Waals surface area contributed by atoms with Gasteiger partial charge in [-0.25, -0.2) is 8.42 Å². The number of aryl methyl sites for hydroxylation is 1. The van der Waals surface area contributed by atoms with Crippen LogP contribution in [0.4, 0.5) is 5.69 Å². The van der Waals surface area contributed by atoms with Gasteiger partial charge in [0.05, 0.1) is 10.6 Å². The highest BCUT2D eigenvalue weighted by Crippen LogP contribution is 2.32. The maximum Gasteiger partial charge on any atom is 0.264 e. The minimum Gasteiger partial charge on any atom is -0.352 e. The molecule has 0 spiro atoms. The first-order valence-electron chi connectivity index (χ1n) is 13.8. The number of carbonyl (C=O) groups is 2. The van der Waals surface area contributed by atoms with E-state index in [1.165, 1.54) is 17.0 Å². The van der Waals surface area contributed by atoms with Crippen molar-refractivity contribution in [2.45, 2.75) is 70.0 Å². The Hall–Kier alpha value is -2.78. The molecule has 1 N–H and O–H groups in total. The summed E-state index contributed by atoms with van der Waals surface area (Å²) in [6, 6.07) is 15.4. The minimum atomic E-state index is -4.22. The number of sulfonamides is 1. The van der Waals surface area contributed by atoms with Gasteiger partial charge in [-0.2, -0.15) is 0 Å². The lowest BCUT2D eigenvalue weighted by Gasteiger charge is -2.33. The van der Waals surface area contributed by atoms with Crippen molar-refractivity contribution < 1.29 is 18.0 Å². The molecule has 1 aliphatic carbocycles. The van der Waals surface area contributed by atoms with Crippen LogP contribution in [0, 0.1) is 13.8 Å². The number of carbonyl (C=O) groups excluding carboxylic acids is 2. The molecule has 1 saturated carbocycles. The van der Waals surface area contributed by atoms with E-state index in [9.17, 15) is 18.0 Å². The van der Waals surface area contributed by atoms with Gasteiger partial charge in [-0.05, 0) is 75.6 Å². The second-order valence-electron chi connectivity index (χ2n) is 10.6. The Balaban J connectivity index is 1.75. The normalized spacial score (nSPS) is 14.4. The van der Waals surface area contributed by atoms with Gasteiger partial charge in [0.15, 0.2) is 0 Å². The van der Waals surface area contributed by atoms with Crippen LogP contribution >= 0.6 is 34.8 Å². The van der Waals surface area contributed by atoms with E-state index in [0.717, 1.165) is 35.6 Å². The summed E-state index contributed by atoms with van der Waals surface area (Å²) in [6.45, 7) is 4.49. The molecule has 0 aliphatic heterocycles. The molecule has 0 bridgehead atoms. The number of rotatable bonds is 10. The van der Waals surface area contributed by atoms with E-state index in [-0.39, 0.29) is 29.1 Å². The van der Waals surface area contributed by atoms with E-state index in [1.807, 2.05) is 6.92 Å². The zero-order valence-corrected chi connectivity index (χ0v) is 26.8. The number of nitrogens with zero attached hydrogens (tertiary/aromatic N) is 2. The van der Waals surface area contributed by atoms with Gasteiger partial charge in [0.25, 0.3) is 10.0 Å². The first kappa shape index (κ1) is 32.1. The molecule has 224 valence electrons. The lowest BCUT2D eigenvalue weighted by Crippen LogP contribution is -2.52. The number of halogens is 3. The zero-order valence-electron chi connectivity index (χ0n) is 23.7. The molecule has 2 amide bonds. The van der Waals surface area contributed by atoms with Gasteiger partial charge in [0, 0.05) is 33.2 Å². The van der Waals surface area contributed by atoms with Gasteiger partial charge in [-0.1, -0.05) is 77.5 Å². The maximum absolute atomic E-state index is 14.2. The molecule has 1 unspecified atom stereocenters. The fourth-order valence-corrected chi connectivity index (χ4v) is 7.20. The van der Waals surface area contributed by atoms with Crippen LogP contribution in [0.2, 0.25) is 15.1 Å². The Labute approximate surface area is 262 Å². The number of hydrogen-bond donors (Lipinski definition) is 1. The van der Waals surface area contributed by atoms with Crippen molar-refractivity contribution in [3.63, 3.8) is 0 Å². The average molecular weight is 651 g/mol. The summed E-state index contributed by atoms with van der Waals surface area (Å²) in [5.41, 5.74) is 2.10. The van der Waals surface area contributed by atoms with Crippen molar-refractivity contribution in [3.05, 3.63) is 92.4 Å². The summed E-state index contributed by atoms with van der Waals surface area (Å²) in [4.78, 5) is 28.9. The van der Waals surface area contributed by atoms with Crippen molar-refractivity contribution >= 4 is 62.3 Å². The Bertz CT molecular complexity index is 1540. The van der Waals surface area contributed by atoms with Crippen molar-refractivity contribution in [3.8, 4) is 0 Å². The van der Waals surface area contributed by atoms with Crippen LogP contribution in [-0.4, -0.2) is 43.8 Å². The quantitative estimate of drug-likeness (QED) is 0.258. The standard InChI is InChI=1S/C31H34Cl3N3O4S/c1-20-14-16-24(17-15-20)42(40,41)37(29-13-7-10-26(32)21(29)2)19-30(38)36(18-25-27(33)11-6-12-28(25)34)22(3)31(39)35-23-8-4-5-9-23/h6-7,10-17,22-23H,4-5,8-9,18-19H2,1-3H3,(H,35,39). The van der Waals surface area contributed by atoms with E-state index >= 15 is 0 Å². The second-order valence-corrected chi connectivity index (χ2v) is 13.7. The van der Waals surface area contributed by atoms with Gasteiger partial charge in [0.2, 0.25) is 11.8 Å².